The van der Waals surface area contributed by atoms with Gasteiger partial charge in [-0.25, -0.2) is 4.79 Å². The molecule has 1 aliphatic heterocycles. The third-order valence-corrected chi connectivity index (χ3v) is 3.91. The fourth-order valence-corrected chi connectivity index (χ4v) is 2.78. The Morgan fingerprint density at radius 1 is 1.40 bits per heavy atom. The first-order valence-electron chi connectivity index (χ1n) is 6.55. The van der Waals surface area contributed by atoms with E-state index in [2.05, 4.69) is 6.58 Å². The number of carbonyl (C=O) groups excluding carboxylic acids is 3. The van der Waals surface area contributed by atoms with Gasteiger partial charge in [-0.3, -0.25) is 9.59 Å². The molecule has 0 aromatic rings. The average molecular weight is 282 g/mol. The summed E-state index contributed by atoms with van der Waals surface area (Å²) in [6.45, 7) is 5.18. The van der Waals surface area contributed by atoms with Crippen molar-refractivity contribution in [3.8, 4) is 0 Å². The van der Waals surface area contributed by atoms with Crippen LogP contribution < -0.4 is 0 Å². The molecule has 6 heteroatoms. The van der Waals surface area contributed by atoms with E-state index in [4.69, 9.17) is 14.2 Å². The number of fused-ring (bicyclic) bond motifs is 2. The van der Waals surface area contributed by atoms with E-state index in [0.29, 0.717) is 18.4 Å². The van der Waals surface area contributed by atoms with Crippen LogP contribution in [0.3, 0.4) is 0 Å². The summed E-state index contributed by atoms with van der Waals surface area (Å²) in [6.07, 6.45) is 0.622. The number of hydrogen-bond acceptors (Lipinski definition) is 6. The first-order chi connectivity index (χ1) is 9.43. The molecule has 1 saturated heterocycles. The molecule has 2 aliphatic rings. The van der Waals surface area contributed by atoms with Gasteiger partial charge < -0.3 is 14.2 Å². The number of carbonyl (C=O) groups is 3. The van der Waals surface area contributed by atoms with Gasteiger partial charge in [0.15, 0.2) is 0 Å². The van der Waals surface area contributed by atoms with Crippen LogP contribution in [0, 0.1) is 17.8 Å². The number of esters is 3. The molecule has 0 aromatic heterocycles. The van der Waals surface area contributed by atoms with Crippen molar-refractivity contribution < 1.29 is 28.6 Å². The maximum atomic E-state index is 11.7. The Morgan fingerprint density at radius 2 is 2.10 bits per heavy atom. The van der Waals surface area contributed by atoms with Gasteiger partial charge in [0.05, 0.1) is 25.6 Å². The largest absolute Gasteiger partial charge is 0.469 e. The standard InChI is InChI=1S/C14H18O6/c1-7(2)12(15)19-6-8-4-9(13(16)18-3)10-5-11(8)20-14(10)17/h8-11H,1,4-6H2,2-3H3. The summed E-state index contributed by atoms with van der Waals surface area (Å²) in [7, 11) is 1.30. The van der Waals surface area contributed by atoms with E-state index in [0.717, 1.165) is 0 Å². The first-order valence-corrected chi connectivity index (χ1v) is 6.55. The normalized spacial score (nSPS) is 31.4. The zero-order chi connectivity index (χ0) is 14.9. The molecule has 0 N–H and O–H groups in total. The lowest BCUT2D eigenvalue weighted by Gasteiger charge is -2.29. The van der Waals surface area contributed by atoms with E-state index in [-0.39, 0.29) is 24.6 Å². The molecule has 2 rings (SSSR count). The van der Waals surface area contributed by atoms with Gasteiger partial charge in [-0.05, 0) is 19.8 Å². The third kappa shape index (κ3) is 2.69. The smallest absolute Gasteiger partial charge is 0.333 e. The Bertz CT molecular complexity index is 455. The molecule has 20 heavy (non-hydrogen) atoms. The highest BCUT2D eigenvalue weighted by molar-refractivity contribution is 5.87. The van der Waals surface area contributed by atoms with E-state index >= 15 is 0 Å². The van der Waals surface area contributed by atoms with Gasteiger partial charge in [0.25, 0.3) is 0 Å². The summed E-state index contributed by atoms with van der Waals surface area (Å²) in [6, 6.07) is 0. The summed E-state index contributed by atoms with van der Waals surface area (Å²) in [5.74, 6) is -2.38. The van der Waals surface area contributed by atoms with Crippen LogP contribution in [0.5, 0.6) is 0 Å². The summed E-state index contributed by atoms with van der Waals surface area (Å²) in [4.78, 5) is 34.9. The van der Waals surface area contributed by atoms with Gasteiger partial charge in [-0.2, -0.15) is 0 Å². The summed E-state index contributed by atoms with van der Waals surface area (Å²) < 4.78 is 15.1. The Kier molecular flexibility index (Phi) is 4.11. The average Bonchev–Trinajstić information content (AvgIpc) is 2.74. The molecule has 1 aliphatic carbocycles. The van der Waals surface area contributed by atoms with Crippen LogP contribution in [0.25, 0.3) is 0 Å². The Balaban J connectivity index is 2.03. The van der Waals surface area contributed by atoms with Gasteiger partial charge in [-0.15, -0.1) is 0 Å². The van der Waals surface area contributed by atoms with Crippen molar-refractivity contribution in [3.63, 3.8) is 0 Å². The van der Waals surface area contributed by atoms with Crippen molar-refractivity contribution >= 4 is 17.9 Å². The number of hydrogen-bond donors (Lipinski definition) is 0. The van der Waals surface area contributed by atoms with Crippen molar-refractivity contribution in [1.29, 1.82) is 0 Å². The van der Waals surface area contributed by atoms with Gasteiger partial charge in [0.1, 0.15) is 6.10 Å². The van der Waals surface area contributed by atoms with Crippen LogP contribution in [-0.4, -0.2) is 37.7 Å². The van der Waals surface area contributed by atoms with Crippen LogP contribution in [0.2, 0.25) is 0 Å². The monoisotopic (exact) mass is 282 g/mol. The van der Waals surface area contributed by atoms with Crippen molar-refractivity contribution in [2.24, 2.45) is 17.8 Å². The molecule has 4 atom stereocenters. The second-order valence-corrected chi connectivity index (χ2v) is 5.32. The maximum Gasteiger partial charge on any atom is 0.333 e. The molecule has 110 valence electrons. The highest BCUT2D eigenvalue weighted by Gasteiger charge is 2.51. The lowest BCUT2D eigenvalue weighted by Crippen LogP contribution is -2.37. The van der Waals surface area contributed by atoms with Crippen molar-refractivity contribution in [3.05, 3.63) is 12.2 Å². The minimum atomic E-state index is -0.514. The highest BCUT2D eigenvalue weighted by Crippen LogP contribution is 2.42. The summed E-state index contributed by atoms with van der Waals surface area (Å²) in [5, 5.41) is 0. The number of methoxy groups -OCH3 is 1. The van der Waals surface area contributed by atoms with Crippen LogP contribution in [0.1, 0.15) is 19.8 Å². The maximum absolute atomic E-state index is 11.7. The second kappa shape index (κ2) is 5.64. The molecule has 2 bridgehead atoms. The van der Waals surface area contributed by atoms with E-state index in [1.165, 1.54) is 7.11 Å². The molecular formula is C14H18O6. The molecule has 0 amide bonds. The first kappa shape index (κ1) is 14.6. The molecule has 0 spiro atoms. The van der Waals surface area contributed by atoms with Gasteiger partial charge in [0, 0.05) is 11.5 Å². The second-order valence-electron chi connectivity index (χ2n) is 5.32. The quantitative estimate of drug-likeness (QED) is 0.432. The number of rotatable bonds is 4. The predicted octanol–water partition coefficient (Wildman–Crippen LogP) is 0.846. The lowest BCUT2D eigenvalue weighted by molar-refractivity contribution is -0.153. The summed E-state index contributed by atoms with van der Waals surface area (Å²) >= 11 is 0. The van der Waals surface area contributed by atoms with Crippen molar-refractivity contribution in [1.82, 2.24) is 0 Å². The lowest BCUT2D eigenvalue weighted by atomic mass is 9.74. The molecular weight excluding hydrogens is 264 g/mol. The van der Waals surface area contributed by atoms with Crippen LogP contribution in [0.15, 0.2) is 12.2 Å². The highest BCUT2D eigenvalue weighted by atomic mass is 16.6. The fraction of sp³-hybridized carbons (Fsp3) is 0.643. The van der Waals surface area contributed by atoms with Gasteiger partial charge >= 0.3 is 17.9 Å². The molecule has 6 nitrogen and oxygen atoms in total. The molecule has 2 fully saturated rings. The molecule has 1 saturated carbocycles. The van der Waals surface area contributed by atoms with E-state index in [9.17, 15) is 14.4 Å². The topological polar surface area (TPSA) is 78.9 Å². The van der Waals surface area contributed by atoms with Crippen LogP contribution >= 0.6 is 0 Å². The van der Waals surface area contributed by atoms with E-state index in [1.807, 2.05) is 0 Å². The van der Waals surface area contributed by atoms with E-state index in [1.54, 1.807) is 6.92 Å². The van der Waals surface area contributed by atoms with Gasteiger partial charge in [0.2, 0.25) is 0 Å². The predicted molar refractivity (Wildman–Crippen MR) is 67.4 cm³/mol. The van der Waals surface area contributed by atoms with Crippen LogP contribution in [0.4, 0.5) is 0 Å². The third-order valence-electron chi connectivity index (χ3n) is 3.91. The van der Waals surface area contributed by atoms with Gasteiger partial charge in [-0.1, -0.05) is 6.58 Å². The Labute approximate surface area is 117 Å². The summed E-state index contributed by atoms with van der Waals surface area (Å²) in [5.41, 5.74) is 0.312. The Morgan fingerprint density at radius 3 is 2.70 bits per heavy atom. The number of ether oxygens (including phenoxy) is 3. The zero-order valence-electron chi connectivity index (χ0n) is 11.6. The molecule has 4 unspecified atom stereocenters. The van der Waals surface area contributed by atoms with Crippen molar-refractivity contribution in [2.75, 3.05) is 13.7 Å². The minimum Gasteiger partial charge on any atom is -0.469 e. The SMILES string of the molecule is C=C(C)C(=O)OCC1CC(C(=O)OC)C2CC1OC2=O. The molecule has 0 radical (unpaired) electrons. The zero-order valence-corrected chi connectivity index (χ0v) is 11.6. The van der Waals surface area contributed by atoms with Crippen molar-refractivity contribution in [2.45, 2.75) is 25.9 Å². The Hall–Kier alpha value is -1.85. The van der Waals surface area contributed by atoms with Crippen LogP contribution in [-0.2, 0) is 28.6 Å². The van der Waals surface area contributed by atoms with E-state index < -0.39 is 23.8 Å². The fourth-order valence-electron chi connectivity index (χ4n) is 2.78. The molecule has 1 heterocycles. The minimum absolute atomic E-state index is 0.115. The molecule has 0 aromatic carbocycles.